The van der Waals surface area contributed by atoms with E-state index in [-0.39, 0.29) is 5.91 Å². The summed E-state index contributed by atoms with van der Waals surface area (Å²) in [5, 5.41) is 0. The molecule has 0 unspecified atom stereocenters. The zero-order valence-electron chi connectivity index (χ0n) is 13.8. The van der Waals surface area contributed by atoms with Crippen molar-refractivity contribution in [1.29, 1.82) is 0 Å². The van der Waals surface area contributed by atoms with Gasteiger partial charge in [0.2, 0.25) is 0 Å². The van der Waals surface area contributed by atoms with Gasteiger partial charge < -0.3 is 4.90 Å². The van der Waals surface area contributed by atoms with Crippen molar-refractivity contribution in [1.82, 2.24) is 0 Å². The van der Waals surface area contributed by atoms with Gasteiger partial charge in [-0.2, -0.15) is 0 Å². The van der Waals surface area contributed by atoms with Gasteiger partial charge in [0.1, 0.15) is 0 Å². The summed E-state index contributed by atoms with van der Waals surface area (Å²) in [7, 11) is 0. The van der Waals surface area contributed by atoms with E-state index in [0.29, 0.717) is 5.92 Å². The molecule has 0 aromatic heterocycles. The number of carbonyl (C=O) groups excluding carboxylic acids is 1. The Morgan fingerprint density at radius 1 is 1.09 bits per heavy atom. The summed E-state index contributed by atoms with van der Waals surface area (Å²) in [5.74, 6) is 0.588. The number of para-hydroxylation sites is 1. The van der Waals surface area contributed by atoms with Gasteiger partial charge in [-0.15, -0.1) is 0 Å². The maximum Gasteiger partial charge on any atom is 0.250 e. The summed E-state index contributed by atoms with van der Waals surface area (Å²) in [5.41, 5.74) is 4.71. The average Bonchev–Trinajstić information content (AvgIpc) is 2.59. The molecule has 2 aromatic carbocycles. The number of anilines is 1. The van der Waals surface area contributed by atoms with Gasteiger partial charge in [-0.25, -0.2) is 0 Å². The minimum Gasteiger partial charge on any atom is -0.309 e. The number of amides is 1. The molecule has 2 nitrogen and oxygen atoms in total. The van der Waals surface area contributed by atoms with Crippen molar-refractivity contribution in [2.24, 2.45) is 0 Å². The molecule has 0 saturated carbocycles. The van der Waals surface area contributed by atoms with E-state index < -0.39 is 0 Å². The molecular formula is C21H23NO. The van der Waals surface area contributed by atoms with Gasteiger partial charge in [-0.05, 0) is 47.6 Å². The van der Waals surface area contributed by atoms with Crippen molar-refractivity contribution in [3.05, 3.63) is 71.3 Å². The van der Waals surface area contributed by atoms with Gasteiger partial charge >= 0.3 is 0 Å². The number of hydrogen-bond acceptors (Lipinski definition) is 1. The largest absolute Gasteiger partial charge is 0.309 e. The quantitative estimate of drug-likeness (QED) is 0.746. The fourth-order valence-corrected chi connectivity index (χ4v) is 3.01. The minimum atomic E-state index is 0.0603. The molecule has 2 heteroatoms. The molecule has 0 bridgehead atoms. The second kappa shape index (κ2) is 6.82. The first-order chi connectivity index (χ1) is 11.1. The second-order valence-corrected chi connectivity index (χ2v) is 6.38. The summed E-state index contributed by atoms with van der Waals surface area (Å²) < 4.78 is 0. The van der Waals surface area contributed by atoms with Gasteiger partial charge in [0.05, 0.1) is 0 Å². The predicted octanol–water partition coefficient (Wildman–Crippen LogP) is 4.80. The standard InChI is InChI=1S/C21H23NO/c1-16(2)18-12-9-17(10-13-18)11-14-21(23)22-15-5-7-19-6-3-4-8-20(19)22/h3-4,6,8-14,16H,5,7,15H2,1-2H3/b14-11-. The number of nitrogens with zero attached hydrogens (tertiary/aromatic N) is 1. The lowest BCUT2D eigenvalue weighted by atomic mass is 10.0. The van der Waals surface area contributed by atoms with Crippen molar-refractivity contribution < 1.29 is 4.79 Å². The molecule has 0 fully saturated rings. The van der Waals surface area contributed by atoms with Crippen LogP contribution in [-0.2, 0) is 11.2 Å². The number of benzene rings is 2. The Kier molecular flexibility index (Phi) is 4.61. The lowest BCUT2D eigenvalue weighted by molar-refractivity contribution is -0.114. The van der Waals surface area contributed by atoms with Crippen LogP contribution in [0.5, 0.6) is 0 Å². The van der Waals surface area contributed by atoms with Crippen LogP contribution in [0.3, 0.4) is 0 Å². The summed E-state index contributed by atoms with van der Waals surface area (Å²) in [4.78, 5) is 14.4. The first kappa shape index (κ1) is 15.5. The molecule has 23 heavy (non-hydrogen) atoms. The molecule has 0 saturated heterocycles. The van der Waals surface area contributed by atoms with Gasteiger partial charge in [-0.3, -0.25) is 4.79 Å². The van der Waals surface area contributed by atoms with Gasteiger partial charge in [0, 0.05) is 18.3 Å². The van der Waals surface area contributed by atoms with E-state index in [1.807, 2.05) is 29.2 Å². The Morgan fingerprint density at radius 3 is 2.57 bits per heavy atom. The van der Waals surface area contributed by atoms with Crippen LogP contribution in [0.2, 0.25) is 0 Å². The molecule has 2 aromatic rings. The first-order valence-corrected chi connectivity index (χ1v) is 8.32. The predicted molar refractivity (Wildman–Crippen MR) is 96.7 cm³/mol. The second-order valence-electron chi connectivity index (χ2n) is 6.38. The lowest BCUT2D eigenvalue weighted by Gasteiger charge is -2.28. The van der Waals surface area contributed by atoms with Crippen molar-refractivity contribution in [3.8, 4) is 0 Å². The zero-order valence-corrected chi connectivity index (χ0v) is 13.8. The van der Waals surface area contributed by atoms with E-state index in [1.165, 1.54) is 11.1 Å². The summed E-state index contributed by atoms with van der Waals surface area (Å²) >= 11 is 0. The third-order valence-corrected chi connectivity index (χ3v) is 4.40. The van der Waals surface area contributed by atoms with Gasteiger partial charge in [-0.1, -0.05) is 56.3 Å². The number of aryl methyl sites for hydroxylation is 1. The maximum absolute atomic E-state index is 12.5. The molecule has 3 rings (SSSR count). The van der Waals surface area contributed by atoms with E-state index in [9.17, 15) is 4.79 Å². The number of fused-ring (bicyclic) bond motifs is 1. The van der Waals surface area contributed by atoms with Crippen LogP contribution in [0.4, 0.5) is 5.69 Å². The molecule has 0 radical (unpaired) electrons. The van der Waals surface area contributed by atoms with Crippen LogP contribution < -0.4 is 4.90 Å². The topological polar surface area (TPSA) is 20.3 Å². The SMILES string of the molecule is CC(C)c1ccc(/C=C\C(=O)N2CCCc3ccccc32)cc1. The van der Waals surface area contributed by atoms with Crippen molar-refractivity contribution >= 4 is 17.7 Å². The van der Waals surface area contributed by atoms with E-state index >= 15 is 0 Å². The molecule has 1 aliphatic heterocycles. The van der Waals surface area contributed by atoms with Crippen molar-refractivity contribution in [2.45, 2.75) is 32.6 Å². The highest BCUT2D eigenvalue weighted by Crippen LogP contribution is 2.27. The molecule has 0 aliphatic carbocycles. The Labute approximate surface area is 138 Å². The van der Waals surface area contributed by atoms with Gasteiger partial charge in [0.15, 0.2) is 0 Å². The molecule has 1 amide bonds. The molecule has 118 valence electrons. The zero-order chi connectivity index (χ0) is 16.2. The van der Waals surface area contributed by atoms with Gasteiger partial charge in [0.25, 0.3) is 5.91 Å². The number of hydrogen-bond donors (Lipinski definition) is 0. The Bertz CT molecular complexity index is 713. The molecule has 0 spiro atoms. The maximum atomic E-state index is 12.5. The minimum absolute atomic E-state index is 0.0603. The lowest BCUT2D eigenvalue weighted by Crippen LogP contribution is -2.34. The Hall–Kier alpha value is -2.35. The smallest absolute Gasteiger partial charge is 0.250 e. The summed E-state index contributed by atoms with van der Waals surface area (Å²) in [6.07, 6.45) is 5.68. The fraction of sp³-hybridized carbons (Fsp3) is 0.286. The van der Waals surface area contributed by atoms with Crippen molar-refractivity contribution in [3.63, 3.8) is 0 Å². The summed E-state index contributed by atoms with van der Waals surface area (Å²) in [6.45, 7) is 5.16. The first-order valence-electron chi connectivity index (χ1n) is 8.32. The Balaban J connectivity index is 1.74. The molecule has 0 N–H and O–H groups in total. The van der Waals surface area contributed by atoms with Crippen LogP contribution in [0.15, 0.2) is 54.6 Å². The normalized spacial score (nSPS) is 14.3. The van der Waals surface area contributed by atoms with Crippen molar-refractivity contribution in [2.75, 3.05) is 11.4 Å². The highest BCUT2D eigenvalue weighted by atomic mass is 16.2. The third kappa shape index (κ3) is 3.53. The third-order valence-electron chi connectivity index (χ3n) is 4.40. The molecule has 1 aliphatic rings. The Morgan fingerprint density at radius 2 is 1.83 bits per heavy atom. The van der Waals surface area contributed by atoms with E-state index in [1.54, 1.807) is 6.08 Å². The van der Waals surface area contributed by atoms with E-state index in [2.05, 4.69) is 44.2 Å². The van der Waals surface area contributed by atoms with Crippen LogP contribution in [0.1, 0.15) is 42.9 Å². The number of rotatable bonds is 3. The summed E-state index contributed by atoms with van der Waals surface area (Å²) in [6, 6.07) is 16.6. The van der Waals surface area contributed by atoms with E-state index in [4.69, 9.17) is 0 Å². The highest BCUT2D eigenvalue weighted by molar-refractivity contribution is 6.04. The molecule has 1 heterocycles. The molecular weight excluding hydrogens is 282 g/mol. The fourth-order valence-electron chi connectivity index (χ4n) is 3.01. The molecule has 0 atom stereocenters. The van der Waals surface area contributed by atoms with E-state index in [0.717, 1.165) is 30.6 Å². The van der Waals surface area contributed by atoms with Crippen LogP contribution >= 0.6 is 0 Å². The highest BCUT2D eigenvalue weighted by Gasteiger charge is 2.20. The monoisotopic (exact) mass is 305 g/mol. The number of carbonyl (C=O) groups is 1. The average molecular weight is 305 g/mol. The van der Waals surface area contributed by atoms with Crippen LogP contribution in [0.25, 0.3) is 6.08 Å². The van der Waals surface area contributed by atoms with Crippen LogP contribution in [0, 0.1) is 0 Å². The van der Waals surface area contributed by atoms with Crippen LogP contribution in [-0.4, -0.2) is 12.5 Å².